The van der Waals surface area contributed by atoms with E-state index in [0.717, 1.165) is 63.1 Å². The molecule has 1 aromatic heterocycles. The van der Waals surface area contributed by atoms with Crippen molar-refractivity contribution in [3.63, 3.8) is 0 Å². The molecule has 0 saturated carbocycles. The molecule has 3 heterocycles. The van der Waals surface area contributed by atoms with Crippen molar-refractivity contribution in [3.8, 4) is 0 Å². The maximum absolute atomic E-state index is 12.6. The normalized spacial score (nSPS) is 21.5. The summed E-state index contributed by atoms with van der Waals surface area (Å²) in [4.78, 5) is 34.6. The molecule has 2 amide bonds. The van der Waals surface area contributed by atoms with Crippen LogP contribution in [-0.2, 0) is 20.7 Å². The molecule has 29 heavy (non-hydrogen) atoms. The van der Waals surface area contributed by atoms with Crippen LogP contribution in [0.1, 0.15) is 44.2 Å². The van der Waals surface area contributed by atoms with Gasteiger partial charge in [0.1, 0.15) is 5.82 Å². The highest BCUT2D eigenvalue weighted by atomic mass is 16.5. The van der Waals surface area contributed by atoms with E-state index in [4.69, 9.17) is 4.74 Å². The number of rotatable bonds is 4. The maximum Gasteiger partial charge on any atom is 0.243 e. The summed E-state index contributed by atoms with van der Waals surface area (Å²) in [6.07, 6.45) is 6.87. The van der Waals surface area contributed by atoms with Gasteiger partial charge in [0.2, 0.25) is 18.3 Å². The van der Waals surface area contributed by atoms with Crippen LogP contribution in [0.2, 0.25) is 0 Å². The Bertz CT molecular complexity index is 683. The summed E-state index contributed by atoms with van der Waals surface area (Å²) in [6, 6.07) is 2.01. The number of aryl methyl sites for hydroxylation is 1. The summed E-state index contributed by atoms with van der Waals surface area (Å²) >= 11 is 0. The van der Waals surface area contributed by atoms with Crippen LogP contribution in [0.15, 0.2) is 6.07 Å². The molecule has 1 aromatic rings. The number of hydrazine groups is 1. The first-order chi connectivity index (χ1) is 14.2. The Labute approximate surface area is 170 Å². The highest BCUT2D eigenvalue weighted by molar-refractivity contribution is 5.80. The number of carbonyl (C=O) groups is 2. The Morgan fingerprint density at radius 3 is 2.72 bits per heavy atom. The smallest absolute Gasteiger partial charge is 0.243 e. The third-order valence-corrected chi connectivity index (χ3v) is 5.28. The molecule has 2 bridgehead atoms. The summed E-state index contributed by atoms with van der Waals surface area (Å²) in [5.41, 5.74) is 6.40. The number of fused-ring (bicyclic) bond motifs is 2. The maximum atomic E-state index is 12.6. The topological polar surface area (TPSA) is 120 Å². The highest BCUT2D eigenvalue weighted by Crippen LogP contribution is 2.19. The van der Waals surface area contributed by atoms with E-state index in [-0.39, 0.29) is 12.5 Å². The van der Waals surface area contributed by atoms with Crippen molar-refractivity contribution in [1.29, 1.82) is 0 Å². The van der Waals surface area contributed by atoms with Gasteiger partial charge in [-0.05, 0) is 19.3 Å². The fraction of sp³-hybridized carbons (Fsp3) is 0.684. The summed E-state index contributed by atoms with van der Waals surface area (Å²) < 4.78 is 5.42. The lowest BCUT2D eigenvalue weighted by atomic mass is 9.99. The Morgan fingerprint density at radius 1 is 1.17 bits per heavy atom. The number of carbonyl (C=O) groups excluding carboxylic acids is 2. The second-order valence-corrected chi connectivity index (χ2v) is 7.49. The first-order valence-electron chi connectivity index (χ1n) is 10.3. The van der Waals surface area contributed by atoms with E-state index >= 15 is 0 Å². The Morgan fingerprint density at radius 2 is 1.93 bits per heavy atom. The Balaban J connectivity index is 1.76. The summed E-state index contributed by atoms with van der Waals surface area (Å²) in [7, 11) is 0. The minimum Gasteiger partial charge on any atom is -0.378 e. The molecule has 0 aromatic carbocycles. The predicted molar refractivity (Wildman–Crippen MR) is 106 cm³/mol. The van der Waals surface area contributed by atoms with Gasteiger partial charge >= 0.3 is 0 Å². The van der Waals surface area contributed by atoms with Crippen LogP contribution in [-0.4, -0.2) is 65.4 Å². The Hall–Kier alpha value is -2.46. The second-order valence-electron chi connectivity index (χ2n) is 7.49. The lowest BCUT2D eigenvalue weighted by molar-refractivity contribution is -0.154. The van der Waals surface area contributed by atoms with Crippen molar-refractivity contribution >= 4 is 24.1 Å². The molecule has 1 saturated heterocycles. The molecule has 3 rings (SSSR count). The predicted octanol–water partition coefficient (Wildman–Crippen LogP) is 1.12. The molecule has 3 N–H and O–H groups in total. The van der Waals surface area contributed by atoms with Gasteiger partial charge in [0.05, 0.1) is 25.7 Å². The van der Waals surface area contributed by atoms with Crippen LogP contribution in [0.3, 0.4) is 0 Å². The minimum absolute atomic E-state index is 0.0447. The van der Waals surface area contributed by atoms with E-state index in [1.807, 2.05) is 6.07 Å². The number of anilines is 2. The number of hydroxylamine groups is 2. The zero-order valence-electron chi connectivity index (χ0n) is 16.7. The van der Waals surface area contributed by atoms with Gasteiger partial charge in [0, 0.05) is 24.8 Å². The molecule has 0 unspecified atom stereocenters. The lowest BCUT2D eigenvalue weighted by Gasteiger charge is -2.28. The second kappa shape index (κ2) is 10.9. The molecule has 0 radical (unpaired) electrons. The van der Waals surface area contributed by atoms with Crippen LogP contribution in [0.25, 0.3) is 0 Å². The number of aromatic nitrogens is 2. The van der Waals surface area contributed by atoms with Crippen LogP contribution in [0.5, 0.6) is 0 Å². The van der Waals surface area contributed by atoms with Crippen molar-refractivity contribution in [2.75, 3.05) is 43.2 Å². The number of ether oxygens (including phenoxy) is 1. The highest BCUT2D eigenvalue weighted by Gasteiger charge is 2.22. The molecule has 2 aliphatic rings. The average Bonchev–Trinajstić information content (AvgIpc) is 2.75. The lowest BCUT2D eigenvalue weighted by Crippen LogP contribution is -2.41. The van der Waals surface area contributed by atoms with Gasteiger partial charge in [-0.15, -0.1) is 0 Å². The van der Waals surface area contributed by atoms with Gasteiger partial charge < -0.3 is 9.64 Å². The third kappa shape index (κ3) is 6.53. The molecule has 0 aliphatic carbocycles. The summed E-state index contributed by atoms with van der Waals surface area (Å²) in [5, 5.41) is 10.0. The number of hydrogen-bond acceptors (Lipinski definition) is 8. The van der Waals surface area contributed by atoms with Crippen LogP contribution in [0, 0.1) is 5.92 Å². The molecule has 160 valence electrons. The molecular formula is C19H30N6O4. The number of morpholine rings is 1. The van der Waals surface area contributed by atoms with Gasteiger partial charge in [-0.1, -0.05) is 25.7 Å². The van der Waals surface area contributed by atoms with Crippen molar-refractivity contribution in [1.82, 2.24) is 20.5 Å². The van der Waals surface area contributed by atoms with Gasteiger partial charge in [-0.25, -0.2) is 10.0 Å². The van der Waals surface area contributed by atoms with Crippen molar-refractivity contribution in [2.45, 2.75) is 44.9 Å². The number of hydrogen-bond donors (Lipinski definition) is 3. The molecule has 10 nitrogen and oxygen atoms in total. The monoisotopic (exact) mass is 406 g/mol. The van der Waals surface area contributed by atoms with E-state index in [9.17, 15) is 14.8 Å². The molecular weight excluding hydrogens is 376 g/mol. The molecule has 10 heteroatoms. The van der Waals surface area contributed by atoms with Crippen molar-refractivity contribution in [2.24, 2.45) is 5.92 Å². The van der Waals surface area contributed by atoms with Gasteiger partial charge in [0.25, 0.3) is 0 Å². The average molecular weight is 406 g/mol. The van der Waals surface area contributed by atoms with Gasteiger partial charge in [-0.3, -0.25) is 25.6 Å². The van der Waals surface area contributed by atoms with Gasteiger partial charge in [-0.2, -0.15) is 4.98 Å². The zero-order chi connectivity index (χ0) is 20.5. The van der Waals surface area contributed by atoms with E-state index < -0.39 is 5.92 Å². The number of nitrogens with zero attached hydrogens (tertiary/aromatic N) is 4. The standard InChI is InChI=1S/C19H30N6O4/c26-14-25(28)13-15-6-4-2-1-3-5-7-16-12-17(24-8-10-29-11-9-24)21-19(20-16)23-22-18(15)27/h12,14-15,28H,1-11,13H2,(H,22,27)(H,20,21,23)/t15-/m1/s1. The molecule has 1 fully saturated rings. The summed E-state index contributed by atoms with van der Waals surface area (Å²) in [6.45, 7) is 2.81. The van der Waals surface area contributed by atoms with E-state index in [0.29, 0.717) is 37.1 Å². The van der Waals surface area contributed by atoms with Crippen LogP contribution >= 0.6 is 0 Å². The van der Waals surface area contributed by atoms with Crippen LogP contribution in [0.4, 0.5) is 11.8 Å². The first-order valence-corrected chi connectivity index (χ1v) is 10.3. The van der Waals surface area contributed by atoms with Gasteiger partial charge in [0.15, 0.2) is 0 Å². The molecule has 0 spiro atoms. The first kappa shape index (κ1) is 21.3. The van der Waals surface area contributed by atoms with E-state index in [2.05, 4.69) is 25.7 Å². The zero-order valence-corrected chi connectivity index (χ0v) is 16.7. The van der Waals surface area contributed by atoms with Crippen molar-refractivity contribution in [3.05, 3.63) is 11.8 Å². The number of nitrogens with one attached hydrogen (secondary N) is 2. The SMILES string of the molecule is O=CN(O)C[C@H]1CCCCCCCc2cc(N3CCOCC3)nc(n2)NNC1=O. The summed E-state index contributed by atoms with van der Waals surface area (Å²) in [5.74, 6) is 0.345. The van der Waals surface area contributed by atoms with Crippen LogP contribution < -0.4 is 15.8 Å². The largest absolute Gasteiger partial charge is 0.378 e. The van der Waals surface area contributed by atoms with E-state index in [1.54, 1.807) is 0 Å². The Kier molecular flexibility index (Phi) is 8.00. The quantitative estimate of drug-likeness (QED) is 0.387. The molecule has 1 atom stereocenters. The fourth-order valence-electron chi connectivity index (χ4n) is 3.64. The fourth-order valence-corrected chi connectivity index (χ4v) is 3.64. The van der Waals surface area contributed by atoms with Crippen molar-refractivity contribution < 1.29 is 19.5 Å². The molecule has 2 aliphatic heterocycles. The number of amides is 2. The van der Waals surface area contributed by atoms with E-state index in [1.165, 1.54) is 0 Å². The minimum atomic E-state index is -0.512. The third-order valence-electron chi connectivity index (χ3n) is 5.28.